The predicted octanol–water partition coefficient (Wildman–Crippen LogP) is 3.06. The maximum Gasteiger partial charge on any atom is 0.243 e. The molecule has 0 N–H and O–H groups in total. The molecule has 4 rings (SSSR count). The second kappa shape index (κ2) is 7.81. The Kier molecular flexibility index (Phi) is 5.40. The number of hydrogen-bond acceptors (Lipinski definition) is 5. The van der Waals surface area contributed by atoms with Crippen LogP contribution in [-0.4, -0.2) is 50.6 Å². The summed E-state index contributed by atoms with van der Waals surface area (Å²) in [5.41, 5.74) is 3.11. The average molecular weight is 402 g/mol. The smallest absolute Gasteiger partial charge is 0.243 e. The number of aromatic nitrogens is 1. The number of benzene rings is 1. The number of aryl methyl sites for hydroxylation is 2. The molecule has 150 valence electrons. The maximum absolute atomic E-state index is 13.2. The van der Waals surface area contributed by atoms with Gasteiger partial charge in [0.15, 0.2) is 0 Å². The highest BCUT2D eigenvalue weighted by molar-refractivity contribution is 7.89. The first-order chi connectivity index (χ1) is 13.5. The van der Waals surface area contributed by atoms with Crippen molar-refractivity contribution in [2.75, 3.05) is 37.7 Å². The topological polar surface area (TPSA) is 62.7 Å². The van der Waals surface area contributed by atoms with E-state index in [0.717, 1.165) is 48.4 Å². The minimum atomic E-state index is -3.52. The van der Waals surface area contributed by atoms with Gasteiger partial charge < -0.3 is 9.64 Å². The van der Waals surface area contributed by atoms with Crippen molar-refractivity contribution in [3.8, 4) is 0 Å². The standard InChI is InChI=1S/C21H27N3O3S/c1-16-5-7-19(8-6-16)28(25,26)24-9-3-4-20(24)18-14-17(2)21(22-15-18)23-10-12-27-13-11-23/h5-8,14-15,20H,3-4,9-13H2,1-2H3/t20-/m1/s1. The summed E-state index contributed by atoms with van der Waals surface area (Å²) in [4.78, 5) is 7.29. The Morgan fingerprint density at radius 2 is 1.79 bits per heavy atom. The molecule has 1 aromatic carbocycles. The molecule has 0 aliphatic carbocycles. The lowest BCUT2D eigenvalue weighted by molar-refractivity contribution is 0.122. The monoisotopic (exact) mass is 401 g/mol. The molecule has 1 atom stereocenters. The number of pyridine rings is 1. The van der Waals surface area contributed by atoms with Crippen LogP contribution < -0.4 is 4.90 Å². The predicted molar refractivity (Wildman–Crippen MR) is 109 cm³/mol. The molecule has 0 spiro atoms. The Bertz CT molecular complexity index is 938. The molecule has 7 heteroatoms. The van der Waals surface area contributed by atoms with Gasteiger partial charge in [-0.2, -0.15) is 4.31 Å². The Labute approximate surface area is 167 Å². The van der Waals surface area contributed by atoms with Crippen LogP contribution in [0.3, 0.4) is 0 Å². The molecule has 3 heterocycles. The molecule has 2 fully saturated rings. The van der Waals surface area contributed by atoms with Crippen molar-refractivity contribution in [2.24, 2.45) is 0 Å². The molecule has 2 aliphatic rings. The lowest BCUT2D eigenvalue weighted by Gasteiger charge is -2.30. The zero-order valence-corrected chi connectivity index (χ0v) is 17.3. The molecule has 1 aromatic heterocycles. The van der Waals surface area contributed by atoms with E-state index in [0.29, 0.717) is 24.7 Å². The molecule has 6 nitrogen and oxygen atoms in total. The van der Waals surface area contributed by atoms with Crippen molar-refractivity contribution in [3.05, 3.63) is 53.2 Å². The number of sulfonamides is 1. The van der Waals surface area contributed by atoms with E-state index < -0.39 is 10.0 Å². The van der Waals surface area contributed by atoms with Crippen LogP contribution in [0.4, 0.5) is 5.82 Å². The van der Waals surface area contributed by atoms with E-state index in [9.17, 15) is 8.42 Å². The highest BCUT2D eigenvalue weighted by atomic mass is 32.2. The van der Waals surface area contributed by atoms with Gasteiger partial charge in [0.25, 0.3) is 0 Å². The molecule has 2 aromatic rings. The summed E-state index contributed by atoms with van der Waals surface area (Å²) >= 11 is 0. The average Bonchev–Trinajstić information content (AvgIpc) is 3.20. The number of ether oxygens (including phenoxy) is 1. The molecular formula is C21H27N3O3S. The summed E-state index contributed by atoms with van der Waals surface area (Å²) in [6.07, 6.45) is 3.54. The third-order valence-corrected chi connectivity index (χ3v) is 7.52. The Morgan fingerprint density at radius 3 is 2.46 bits per heavy atom. The first-order valence-corrected chi connectivity index (χ1v) is 11.3. The van der Waals surface area contributed by atoms with Crippen molar-refractivity contribution in [2.45, 2.75) is 37.6 Å². The SMILES string of the molecule is Cc1ccc(S(=O)(=O)N2CCC[C@@H]2c2cnc(N3CCOCC3)c(C)c2)cc1. The normalized spacial score (nSPS) is 21.2. The molecule has 28 heavy (non-hydrogen) atoms. The van der Waals surface area contributed by atoms with Crippen molar-refractivity contribution >= 4 is 15.8 Å². The quantitative estimate of drug-likeness (QED) is 0.788. The van der Waals surface area contributed by atoms with E-state index in [1.54, 1.807) is 16.4 Å². The molecule has 0 saturated carbocycles. The zero-order chi connectivity index (χ0) is 19.7. The maximum atomic E-state index is 13.2. The summed E-state index contributed by atoms with van der Waals surface area (Å²) in [6, 6.07) is 9.04. The van der Waals surface area contributed by atoms with E-state index in [1.165, 1.54) is 0 Å². The van der Waals surface area contributed by atoms with E-state index in [1.807, 2.05) is 25.3 Å². The lowest BCUT2D eigenvalue weighted by Crippen LogP contribution is -2.37. The van der Waals surface area contributed by atoms with Gasteiger partial charge in [0.1, 0.15) is 5.82 Å². The van der Waals surface area contributed by atoms with E-state index in [-0.39, 0.29) is 6.04 Å². The summed E-state index contributed by atoms with van der Waals surface area (Å²) in [5, 5.41) is 0. The highest BCUT2D eigenvalue weighted by Crippen LogP contribution is 2.37. The molecule has 2 aliphatic heterocycles. The molecule has 0 amide bonds. The fraction of sp³-hybridized carbons (Fsp3) is 0.476. The van der Waals surface area contributed by atoms with Crippen molar-refractivity contribution in [3.63, 3.8) is 0 Å². The highest BCUT2D eigenvalue weighted by Gasteiger charge is 2.36. The summed E-state index contributed by atoms with van der Waals surface area (Å²) in [7, 11) is -3.52. The summed E-state index contributed by atoms with van der Waals surface area (Å²) < 4.78 is 33.5. The minimum Gasteiger partial charge on any atom is -0.378 e. The fourth-order valence-corrected chi connectivity index (χ4v) is 5.77. The third-order valence-electron chi connectivity index (χ3n) is 5.60. The number of nitrogens with zero attached hydrogens (tertiary/aromatic N) is 3. The van der Waals surface area contributed by atoms with Crippen molar-refractivity contribution in [1.29, 1.82) is 0 Å². The van der Waals surface area contributed by atoms with Crippen LogP contribution in [0, 0.1) is 13.8 Å². The van der Waals surface area contributed by atoms with Crippen LogP contribution in [0.2, 0.25) is 0 Å². The molecule has 0 radical (unpaired) electrons. The Morgan fingerprint density at radius 1 is 1.07 bits per heavy atom. The first-order valence-electron chi connectivity index (χ1n) is 9.84. The van der Waals surface area contributed by atoms with Crippen LogP contribution in [0.15, 0.2) is 41.4 Å². The van der Waals surface area contributed by atoms with Gasteiger partial charge >= 0.3 is 0 Å². The summed E-state index contributed by atoms with van der Waals surface area (Å²) in [6.45, 7) is 7.66. The van der Waals surface area contributed by atoms with E-state index >= 15 is 0 Å². The van der Waals surface area contributed by atoms with Crippen molar-refractivity contribution in [1.82, 2.24) is 9.29 Å². The van der Waals surface area contributed by atoms with Gasteiger partial charge in [-0.1, -0.05) is 17.7 Å². The van der Waals surface area contributed by atoms with E-state index in [4.69, 9.17) is 9.72 Å². The summed E-state index contributed by atoms with van der Waals surface area (Å²) in [5.74, 6) is 0.970. The molecule has 2 saturated heterocycles. The van der Waals surface area contributed by atoms with Gasteiger partial charge in [0.05, 0.1) is 24.2 Å². The number of morpholine rings is 1. The second-order valence-corrected chi connectivity index (χ2v) is 9.49. The largest absolute Gasteiger partial charge is 0.378 e. The van der Waals surface area contributed by atoms with Gasteiger partial charge in [-0.3, -0.25) is 0 Å². The Hall–Kier alpha value is -1.96. The fourth-order valence-electron chi connectivity index (χ4n) is 4.08. The van der Waals surface area contributed by atoms with Gasteiger partial charge in [-0.05, 0) is 56.0 Å². The van der Waals surface area contributed by atoms with E-state index in [2.05, 4.69) is 17.9 Å². The van der Waals surface area contributed by atoms with Crippen LogP contribution in [0.25, 0.3) is 0 Å². The molecule has 0 bridgehead atoms. The Balaban J connectivity index is 1.61. The third kappa shape index (κ3) is 3.66. The first kappa shape index (κ1) is 19.4. The number of hydrogen-bond donors (Lipinski definition) is 0. The number of rotatable bonds is 4. The van der Waals surface area contributed by atoms with Gasteiger partial charge in [0.2, 0.25) is 10.0 Å². The second-order valence-electron chi connectivity index (χ2n) is 7.60. The molecule has 0 unspecified atom stereocenters. The number of anilines is 1. The van der Waals surface area contributed by atoms with Crippen molar-refractivity contribution < 1.29 is 13.2 Å². The van der Waals surface area contributed by atoms with Gasteiger partial charge in [0, 0.05) is 25.8 Å². The lowest BCUT2D eigenvalue weighted by atomic mass is 10.1. The van der Waals surface area contributed by atoms with Crippen LogP contribution in [0.5, 0.6) is 0 Å². The van der Waals surface area contributed by atoms with Gasteiger partial charge in [-0.15, -0.1) is 0 Å². The van der Waals surface area contributed by atoms with Crippen LogP contribution >= 0.6 is 0 Å². The zero-order valence-electron chi connectivity index (χ0n) is 16.5. The van der Waals surface area contributed by atoms with Gasteiger partial charge in [-0.25, -0.2) is 13.4 Å². The minimum absolute atomic E-state index is 0.156. The van der Waals surface area contributed by atoms with Crippen LogP contribution in [-0.2, 0) is 14.8 Å². The molecular weight excluding hydrogens is 374 g/mol. The van der Waals surface area contributed by atoms with Crippen LogP contribution in [0.1, 0.15) is 35.6 Å².